The van der Waals surface area contributed by atoms with Crippen LogP contribution in [-0.4, -0.2) is 36.0 Å². The van der Waals surface area contributed by atoms with Gasteiger partial charge in [-0.3, -0.25) is 4.79 Å². The van der Waals surface area contributed by atoms with Crippen LogP contribution in [0.4, 0.5) is 0 Å². The second-order valence-corrected chi connectivity index (χ2v) is 4.71. The fraction of sp³-hybridized carbons (Fsp3) is 0.375. The first-order chi connectivity index (χ1) is 10.5. The number of unbranched alkanes of at least 4 members (excludes halogenated alkanes) is 1. The smallest absolute Gasteiger partial charge is 0.320 e. The SMILES string of the molecule is NC(C=O)/C=C/c1ccccc1.NCCCC[C@H](N)C(=O)O. The number of hydrogen-bond acceptors (Lipinski definition) is 5. The lowest BCUT2D eigenvalue weighted by Crippen LogP contribution is -2.29. The average molecular weight is 307 g/mol. The van der Waals surface area contributed by atoms with E-state index in [9.17, 15) is 9.59 Å². The molecule has 6 nitrogen and oxygen atoms in total. The molecular formula is C16H25N3O3. The van der Waals surface area contributed by atoms with Crippen molar-refractivity contribution in [2.24, 2.45) is 17.2 Å². The van der Waals surface area contributed by atoms with E-state index in [1.807, 2.05) is 36.4 Å². The number of hydrogen-bond donors (Lipinski definition) is 4. The van der Waals surface area contributed by atoms with Crippen LogP contribution in [0.5, 0.6) is 0 Å². The van der Waals surface area contributed by atoms with Crippen LogP contribution in [0.2, 0.25) is 0 Å². The summed E-state index contributed by atoms with van der Waals surface area (Å²) < 4.78 is 0. The number of nitrogens with two attached hydrogens (primary N) is 3. The number of aldehydes is 1. The highest BCUT2D eigenvalue weighted by atomic mass is 16.4. The monoisotopic (exact) mass is 307 g/mol. The minimum Gasteiger partial charge on any atom is -0.480 e. The van der Waals surface area contributed by atoms with Gasteiger partial charge in [0.1, 0.15) is 12.3 Å². The summed E-state index contributed by atoms with van der Waals surface area (Å²) in [7, 11) is 0. The molecule has 0 radical (unpaired) electrons. The molecule has 0 saturated carbocycles. The molecule has 0 spiro atoms. The summed E-state index contributed by atoms with van der Waals surface area (Å²) in [4.78, 5) is 20.3. The van der Waals surface area contributed by atoms with Crippen LogP contribution >= 0.6 is 0 Å². The Kier molecular flexibility index (Phi) is 11.5. The van der Waals surface area contributed by atoms with Crippen molar-refractivity contribution in [3.8, 4) is 0 Å². The van der Waals surface area contributed by atoms with Crippen LogP contribution in [0.25, 0.3) is 6.08 Å². The first-order valence-corrected chi connectivity index (χ1v) is 7.13. The number of rotatable bonds is 8. The molecule has 122 valence electrons. The van der Waals surface area contributed by atoms with Gasteiger partial charge in [0.2, 0.25) is 0 Å². The Morgan fingerprint density at radius 1 is 1.18 bits per heavy atom. The minimum atomic E-state index is -0.933. The van der Waals surface area contributed by atoms with Crippen molar-refractivity contribution in [1.82, 2.24) is 0 Å². The molecule has 1 aromatic rings. The number of aliphatic carboxylic acids is 1. The fourth-order valence-corrected chi connectivity index (χ4v) is 1.46. The maximum atomic E-state index is 10.1. The van der Waals surface area contributed by atoms with Gasteiger partial charge in [0.15, 0.2) is 0 Å². The third-order valence-corrected chi connectivity index (χ3v) is 2.75. The zero-order valence-electron chi connectivity index (χ0n) is 12.6. The second kappa shape index (κ2) is 12.7. The van der Waals surface area contributed by atoms with E-state index >= 15 is 0 Å². The van der Waals surface area contributed by atoms with Gasteiger partial charge in [-0.05, 0) is 24.9 Å². The third kappa shape index (κ3) is 10.7. The van der Waals surface area contributed by atoms with Gasteiger partial charge in [0.25, 0.3) is 0 Å². The van der Waals surface area contributed by atoms with Gasteiger partial charge in [0.05, 0.1) is 6.04 Å². The summed E-state index contributed by atoms with van der Waals surface area (Å²) in [5.41, 5.74) is 16.8. The molecule has 1 aromatic carbocycles. The highest BCUT2D eigenvalue weighted by Crippen LogP contribution is 2.00. The van der Waals surface area contributed by atoms with Crippen molar-refractivity contribution in [1.29, 1.82) is 0 Å². The Morgan fingerprint density at radius 2 is 1.82 bits per heavy atom. The Balaban J connectivity index is 0.000000409. The quantitative estimate of drug-likeness (QED) is 0.414. The summed E-state index contributed by atoms with van der Waals surface area (Å²) in [6.45, 7) is 0.604. The molecule has 1 rings (SSSR count). The van der Waals surface area contributed by atoms with Crippen LogP contribution in [0.15, 0.2) is 36.4 Å². The molecule has 7 N–H and O–H groups in total. The Morgan fingerprint density at radius 3 is 2.32 bits per heavy atom. The van der Waals surface area contributed by atoms with E-state index in [4.69, 9.17) is 22.3 Å². The molecule has 6 heteroatoms. The predicted molar refractivity (Wildman–Crippen MR) is 88.0 cm³/mol. The summed E-state index contributed by atoms with van der Waals surface area (Å²) in [6.07, 6.45) is 6.37. The molecule has 0 saturated heterocycles. The topological polar surface area (TPSA) is 132 Å². The van der Waals surface area contributed by atoms with Gasteiger partial charge < -0.3 is 27.1 Å². The number of carbonyl (C=O) groups excluding carboxylic acids is 1. The normalized spacial score (nSPS) is 13.0. The summed E-state index contributed by atoms with van der Waals surface area (Å²) >= 11 is 0. The molecule has 0 fully saturated rings. The molecule has 0 aliphatic heterocycles. The lowest BCUT2D eigenvalue weighted by atomic mass is 10.1. The molecular weight excluding hydrogens is 282 g/mol. The van der Waals surface area contributed by atoms with Crippen LogP contribution in [0, 0.1) is 0 Å². The Hall–Kier alpha value is -2.02. The zero-order chi connectivity index (χ0) is 16.8. The summed E-state index contributed by atoms with van der Waals surface area (Å²) in [5, 5.41) is 8.33. The van der Waals surface area contributed by atoms with Crippen molar-refractivity contribution in [2.45, 2.75) is 31.3 Å². The summed E-state index contributed by atoms with van der Waals surface area (Å²) in [5.74, 6) is -0.933. The van der Waals surface area contributed by atoms with E-state index < -0.39 is 18.1 Å². The Bertz CT molecular complexity index is 449. The van der Waals surface area contributed by atoms with Crippen LogP contribution in [-0.2, 0) is 9.59 Å². The van der Waals surface area contributed by atoms with Gasteiger partial charge in [0, 0.05) is 0 Å². The van der Waals surface area contributed by atoms with Crippen LogP contribution < -0.4 is 17.2 Å². The predicted octanol–water partition coefficient (Wildman–Crippen LogP) is 0.753. The first-order valence-electron chi connectivity index (χ1n) is 7.13. The van der Waals surface area contributed by atoms with Gasteiger partial charge in [-0.25, -0.2) is 0 Å². The van der Waals surface area contributed by atoms with Crippen molar-refractivity contribution in [2.75, 3.05) is 6.54 Å². The van der Waals surface area contributed by atoms with Gasteiger partial charge >= 0.3 is 5.97 Å². The van der Waals surface area contributed by atoms with E-state index in [1.54, 1.807) is 6.08 Å². The van der Waals surface area contributed by atoms with Crippen molar-refractivity contribution in [3.05, 3.63) is 42.0 Å². The van der Waals surface area contributed by atoms with Crippen LogP contribution in [0.1, 0.15) is 24.8 Å². The zero-order valence-corrected chi connectivity index (χ0v) is 12.6. The number of carboxylic acids is 1. The molecule has 0 aliphatic rings. The Labute approximate surface area is 131 Å². The van der Waals surface area contributed by atoms with Crippen molar-refractivity contribution in [3.63, 3.8) is 0 Å². The molecule has 1 unspecified atom stereocenters. The van der Waals surface area contributed by atoms with E-state index in [-0.39, 0.29) is 0 Å². The molecule has 2 atom stereocenters. The van der Waals surface area contributed by atoms with E-state index in [0.717, 1.165) is 18.4 Å². The molecule has 0 aliphatic carbocycles. The lowest BCUT2D eigenvalue weighted by Gasteiger charge is -2.03. The van der Waals surface area contributed by atoms with Crippen LogP contribution in [0.3, 0.4) is 0 Å². The largest absolute Gasteiger partial charge is 0.480 e. The van der Waals surface area contributed by atoms with Crippen molar-refractivity contribution < 1.29 is 14.7 Å². The second-order valence-electron chi connectivity index (χ2n) is 4.71. The van der Waals surface area contributed by atoms with Crippen molar-refractivity contribution >= 4 is 18.3 Å². The number of carbonyl (C=O) groups is 2. The van der Waals surface area contributed by atoms with E-state index in [2.05, 4.69) is 0 Å². The third-order valence-electron chi connectivity index (χ3n) is 2.75. The number of benzene rings is 1. The standard InChI is InChI=1S/C10H11NO.C6H14N2O2/c11-10(8-12)7-6-9-4-2-1-3-5-9;7-4-2-1-3-5(8)6(9)10/h1-8,10H,11H2;5H,1-4,7-8H2,(H,9,10)/b7-6+;/t;5-/m.0/s1. The summed E-state index contributed by atoms with van der Waals surface area (Å²) in [6, 6.07) is 8.51. The number of carboxylic acid groups (broad SMARTS) is 1. The van der Waals surface area contributed by atoms with E-state index in [1.165, 1.54) is 0 Å². The maximum absolute atomic E-state index is 10.1. The highest BCUT2D eigenvalue weighted by molar-refractivity contribution is 5.72. The van der Waals surface area contributed by atoms with E-state index in [0.29, 0.717) is 19.3 Å². The molecule has 0 heterocycles. The average Bonchev–Trinajstić information content (AvgIpc) is 2.54. The molecule has 0 aromatic heterocycles. The molecule has 0 amide bonds. The van der Waals surface area contributed by atoms with Gasteiger partial charge in [-0.2, -0.15) is 0 Å². The minimum absolute atomic E-state index is 0.495. The maximum Gasteiger partial charge on any atom is 0.320 e. The lowest BCUT2D eigenvalue weighted by molar-refractivity contribution is -0.138. The first kappa shape index (κ1) is 20.0. The molecule has 22 heavy (non-hydrogen) atoms. The fourth-order valence-electron chi connectivity index (χ4n) is 1.46. The molecule has 0 bridgehead atoms. The van der Waals surface area contributed by atoms with Gasteiger partial charge in [-0.1, -0.05) is 48.9 Å². The van der Waals surface area contributed by atoms with Gasteiger partial charge in [-0.15, -0.1) is 0 Å². The highest BCUT2D eigenvalue weighted by Gasteiger charge is 2.09.